The number of hydrogen-bond acceptors (Lipinski definition) is 5. The first-order valence-corrected chi connectivity index (χ1v) is 7.70. The average molecular weight is 341 g/mol. The van der Waals surface area contributed by atoms with E-state index in [4.69, 9.17) is 4.74 Å². The lowest BCUT2D eigenvalue weighted by molar-refractivity contribution is 0.0845. The van der Waals surface area contributed by atoms with E-state index in [9.17, 15) is 0 Å². The minimum absolute atomic E-state index is 0.532. The lowest BCUT2D eigenvalue weighted by atomic mass is 9.97. The SMILES string of the molecule is Brc1cncnc1Sc1ncc(C2CCOCC2)[nH]1. The third kappa shape index (κ3) is 3.16. The van der Waals surface area contributed by atoms with Crippen LogP contribution in [0.5, 0.6) is 0 Å². The van der Waals surface area contributed by atoms with Crippen molar-refractivity contribution in [3.8, 4) is 0 Å². The number of rotatable bonds is 3. The molecule has 0 amide bonds. The maximum absolute atomic E-state index is 5.38. The van der Waals surface area contributed by atoms with Gasteiger partial charge < -0.3 is 9.72 Å². The second-order valence-corrected chi connectivity index (χ2v) is 6.14. The van der Waals surface area contributed by atoms with Crippen LogP contribution in [-0.4, -0.2) is 33.1 Å². The smallest absolute Gasteiger partial charge is 0.171 e. The van der Waals surface area contributed by atoms with Gasteiger partial charge in [0.25, 0.3) is 0 Å². The fourth-order valence-corrected chi connectivity index (χ4v) is 3.22. The minimum atomic E-state index is 0.532. The van der Waals surface area contributed by atoms with E-state index in [1.807, 2.05) is 6.20 Å². The third-order valence-electron chi connectivity index (χ3n) is 3.06. The van der Waals surface area contributed by atoms with E-state index >= 15 is 0 Å². The topological polar surface area (TPSA) is 63.7 Å². The monoisotopic (exact) mass is 340 g/mol. The van der Waals surface area contributed by atoms with E-state index in [0.717, 1.165) is 40.7 Å². The molecule has 7 heteroatoms. The predicted molar refractivity (Wildman–Crippen MR) is 75.2 cm³/mol. The van der Waals surface area contributed by atoms with Crippen LogP contribution >= 0.6 is 27.7 Å². The summed E-state index contributed by atoms with van der Waals surface area (Å²) in [6.45, 7) is 1.67. The standard InChI is InChI=1S/C12H13BrN4OS/c13-9-5-14-7-16-11(9)19-12-15-6-10(17-12)8-1-3-18-4-2-8/h5-8H,1-4H2,(H,15,17). The van der Waals surface area contributed by atoms with Crippen molar-refractivity contribution in [1.29, 1.82) is 0 Å². The highest BCUT2D eigenvalue weighted by Gasteiger charge is 2.18. The average Bonchev–Trinajstić information content (AvgIpc) is 2.91. The normalized spacial score (nSPS) is 16.7. The van der Waals surface area contributed by atoms with Gasteiger partial charge in [-0.25, -0.2) is 15.0 Å². The number of ether oxygens (including phenoxy) is 1. The zero-order chi connectivity index (χ0) is 13.1. The summed E-state index contributed by atoms with van der Waals surface area (Å²) in [6, 6.07) is 0. The lowest BCUT2D eigenvalue weighted by Gasteiger charge is -2.20. The van der Waals surface area contributed by atoms with E-state index < -0.39 is 0 Å². The van der Waals surface area contributed by atoms with Gasteiger partial charge in [0.15, 0.2) is 5.16 Å². The quantitative estimate of drug-likeness (QED) is 0.870. The fraction of sp³-hybridized carbons (Fsp3) is 0.417. The van der Waals surface area contributed by atoms with Gasteiger partial charge in [0.1, 0.15) is 11.4 Å². The van der Waals surface area contributed by atoms with Crippen LogP contribution in [0.2, 0.25) is 0 Å². The molecule has 5 nitrogen and oxygen atoms in total. The molecule has 0 atom stereocenters. The Balaban J connectivity index is 1.73. The van der Waals surface area contributed by atoms with Crippen LogP contribution in [0.15, 0.2) is 33.4 Å². The summed E-state index contributed by atoms with van der Waals surface area (Å²) in [5.41, 5.74) is 1.19. The van der Waals surface area contributed by atoms with Crippen molar-refractivity contribution >= 4 is 27.7 Å². The van der Waals surface area contributed by atoms with Crippen molar-refractivity contribution in [2.45, 2.75) is 28.9 Å². The third-order valence-corrected chi connectivity index (χ3v) is 4.82. The van der Waals surface area contributed by atoms with Crippen molar-refractivity contribution < 1.29 is 4.74 Å². The van der Waals surface area contributed by atoms with Crippen LogP contribution in [0.1, 0.15) is 24.5 Å². The van der Waals surface area contributed by atoms with Crippen LogP contribution in [0, 0.1) is 0 Å². The van der Waals surface area contributed by atoms with Crippen LogP contribution < -0.4 is 0 Å². The molecule has 1 aliphatic rings. The Bertz CT molecular complexity index is 556. The number of aromatic nitrogens is 4. The van der Waals surface area contributed by atoms with Crippen LogP contribution in [-0.2, 0) is 4.74 Å². The second kappa shape index (κ2) is 6.02. The van der Waals surface area contributed by atoms with Gasteiger partial charge in [-0.05, 0) is 40.5 Å². The number of halogens is 1. The van der Waals surface area contributed by atoms with E-state index in [0.29, 0.717) is 5.92 Å². The van der Waals surface area contributed by atoms with E-state index in [1.165, 1.54) is 23.8 Å². The van der Waals surface area contributed by atoms with Crippen molar-refractivity contribution in [1.82, 2.24) is 19.9 Å². The Morgan fingerprint density at radius 2 is 2.11 bits per heavy atom. The molecule has 0 radical (unpaired) electrons. The number of nitrogens with zero attached hydrogens (tertiary/aromatic N) is 3. The molecule has 0 spiro atoms. The Labute approximate surface area is 123 Å². The number of hydrogen-bond donors (Lipinski definition) is 1. The van der Waals surface area contributed by atoms with Gasteiger partial charge >= 0.3 is 0 Å². The molecule has 0 aliphatic carbocycles. The molecule has 0 aromatic carbocycles. The molecule has 1 N–H and O–H groups in total. The van der Waals surface area contributed by atoms with Gasteiger partial charge in [0, 0.05) is 37.2 Å². The van der Waals surface area contributed by atoms with Crippen LogP contribution in [0.3, 0.4) is 0 Å². The highest BCUT2D eigenvalue weighted by molar-refractivity contribution is 9.10. The summed E-state index contributed by atoms with van der Waals surface area (Å²) < 4.78 is 6.26. The van der Waals surface area contributed by atoms with Gasteiger partial charge in [0.05, 0.1) is 4.47 Å². The lowest BCUT2D eigenvalue weighted by Crippen LogP contribution is -2.14. The zero-order valence-corrected chi connectivity index (χ0v) is 12.6. The molecule has 3 rings (SSSR count). The van der Waals surface area contributed by atoms with Crippen molar-refractivity contribution in [3.63, 3.8) is 0 Å². The Hall–Kier alpha value is -0.920. The summed E-state index contributed by atoms with van der Waals surface area (Å²) in [5, 5.41) is 1.73. The summed E-state index contributed by atoms with van der Waals surface area (Å²) in [6.07, 6.45) is 7.31. The number of aromatic amines is 1. The largest absolute Gasteiger partial charge is 0.381 e. The molecule has 1 saturated heterocycles. The Morgan fingerprint density at radius 1 is 1.26 bits per heavy atom. The fourth-order valence-electron chi connectivity index (χ4n) is 2.05. The molecular formula is C12H13BrN4OS. The first kappa shape index (κ1) is 13.1. The Kier molecular flexibility index (Phi) is 4.15. The van der Waals surface area contributed by atoms with E-state index in [1.54, 1.807) is 6.20 Å². The van der Waals surface area contributed by atoms with E-state index in [-0.39, 0.29) is 0 Å². The number of imidazole rings is 1. The maximum atomic E-state index is 5.38. The summed E-state index contributed by atoms with van der Waals surface area (Å²) >= 11 is 4.94. The zero-order valence-electron chi connectivity index (χ0n) is 10.2. The van der Waals surface area contributed by atoms with Crippen molar-refractivity contribution in [2.24, 2.45) is 0 Å². The predicted octanol–water partition coefficient (Wildman–Crippen LogP) is 3.01. The molecule has 100 valence electrons. The molecule has 1 aliphatic heterocycles. The number of nitrogens with one attached hydrogen (secondary N) is 1. The van der Waals surface area contributed by atoms with Crippen LogP contribution in [0.4, 0.5) is 0 Å². The first-order valence-electron chi connectivity index (χ1n) is 6.09. The molecule has 0 saturated carbocycles. The molecule has 0 unspecified atom stereocenters. The molecule has 2 aromatic rings. The summed E-state index contributed by atoms with van der Waals surface area (Å²) in [7, 11) is 0. The highest BCUT2D eigenvalue weighted by atomic mass is 79.9. The maximum Gasteiger partial charge on any atom is 0.171 e. The first-order chi connectivity index (χ1) is 9.33. The molecule has 1 fully saturated rings. The van der Waals surface area contributed by atoms with E-state index in [2.05, 4.69) is 35.9 Å². The Morgan fingerprint density at radius 3 is 2.89 bits per heavy atom. The highest BCUT2D eigenvalue weighted by Crippen LogP contribution is 2.31. The minimum Gasteiger partial charge on any atom is -0.381 e. The van der Waals surface area contributed by atoms with Crippen molar-refractivity contribution in [2.75, 3.05) is 13.2 Å². The summed E-state index contributed by atoms with van der Waals surface area (Å²) in [4.78, 5) is 16.0. The molecular weight excluding hydrogens is 328 g/mol. The summed E-state index contributed by atoms with van der Waals surface area (Å²) in [5.74, 6) is 0.532. The van der Waals surface area contributed by atoms with Crippen molar-refractivity contribution in [3.05, 3.63) is 28.9 Å². The molecule has 3 heterocycles. The second-order valence-electron chi connectivity index (χ2n) is 4.31. The van der Waals surface area contributed by atoms with Crippen LogP contribution in [0.25, 0.3) is 0 Å². The number of H-pyrrole nitrogens is 1. The van der Waals surface area contributed by atoms with Gasteiger partial charge in [-0.1, -0.05) is 0 Å². The van der Waals surface area contributed by atoms with Gasteiger partial charge in [-0.2, -0.15) is 0 Å². The molecule has 0 bridgehead atoms. The van der Waals surface area contributed by atoms with Gasteiger partial charge in [0.2, 0.25) is 0 Å². The molecule has 2 aromatic heterocycles. The molecule has 19 heavy (non-hydrogen) atoms. The van der Waals surface area contributed by atoms with Gasteiger partial charge in [-0.15, -0.1) is 0 Å². The van der Waals surface area contributed by atoms with Gasteiger partial charge in [-0.3, -0.25) is 0 Å².